The predicted octanol–water partition coefficient (Wildman–Crippen LogP) is 2.15. The first kappa shape index (κ1) is 14.9. The number of anilines is 1. The first-order chi connectivity index (χ1) is 8.53. The Morgan fingerprint density at radius 3 is 2.37 bits per heavy atom. The van der Waals surface area contributed by atoms with E-state index in [2.05, 4.69) is 9.72 Å². The molecule has 19 heavy (non-hydrogen) atoms. The molecule has 6 nitrogen and oxygen atoms in total. The maximum Gasteiger partial charge on any atom is 0.456 e. The number of hydrogen-bond acceptors (Lipinski definition) is 5. The van der Waals surface area contributed by atoms with Crippen molar-refractivity contribution in [2.24, 2.45) is 0 Å². The molecule has 0 aliphatic rings. The van der Waals surface area contributed by atoms with Crippen LogP contribution in [0.5, 0.6) is 5.88 Å². The van der Waals surface area contributed by atoms with Crippen LogP contribution in [0.15, 0.2) is 12.1 Å². The van der Waals surface area contributed by atoms with Crippen LogP contribution in [0.25, 0.3) is 0 Å². The number of aromatic nitrogens is 1. The molecule has 0 aliphatic carbocycles. The molecule has 0 saturated heterocycles. The maximum absolute atomic E-state index is 12.5. The van der Waals surface area contributed by atoms with Crippen LogP contribution in [0.1, 0.15) is 0 Å². The van der Waals surface area contributed by atoms with Gasteiger partial charge in [-0.05, 0) is 0 Å². The van der Waals surface area contributed by atoms with Gasteiger partial charge in [-0.25, -0.2) is 0 Å². The van der Waals surface area contributed by atoms with Gasteiger partial charge in [0.25, 0.3) is 5.69 Å². The largest absolute Gasteiger partial charge is 0.471 e. The van der Waals surface area contributed by atoms with Crippen LogP contribution in [-0.2, 0) is 0 Å². The summed E-state index contributed by atoms with van der Waals surface area (Å²) in [6.07, 6.45) is -5.79. The lowest BCUT2D eigenvalue weighted by molar-refractivity contribution is -0.385. The summed E-state index contributed by atoms with van der Waals surface area (Å²) in [5.74, 6) is -6.34. The topological polar surface area (TPSA) is 91.3 Å². The fraction of sp³-hybridized carbons (Fsp3) is 0.375. The Hall–Kier alpha value is -2.20. The minimum Gasteiger partial charge on any atom is -0.471 e. The molecule has 0 amide bonds. The number of halogens is 5. The third-order valence-corrected chi connectivity index (χ3v) is 1.83. The van der Waals surface area contributed by atoms with Gasteiger partial charge in [-0.15, -0.1) is 0 Å². The summed E-state index contributed by atoms with van der Waals surface area (Å²) in [7, 11) is 0. The SMILES string of the molecule is Nc1cc([N+](=O)[O-])cc(OCC(F)(F)C(F)(F)F)n1. The van der Waals surface area contributed by atoms with Crippen LogP contribution in [0.4, 0.5) is 33.5 Å². The quantitative estimate of drug-likeness (QED) is 0.520. The van der Waals surface area contributed by atoms with Crippen molar-refractivity contribution < 1.29 is 31.6 Å². The summed E-state index contributed by atoms with van der Waals surface area (Å²) in [6.45, 7) is -2.05. The monoisotopic (exact) mass is 287 g/mol. The van der Waals surface area contributed by atoms with E-state index < -0.39 is 41.0 Å². The fourth-order valence-corrected chi connectivity index (χ4v) is 0.937. The molecule has 0 unspecified atom stereocenters. The molecule has 0 radical (unpaired) electrons. The van der Waals surface area contributed by atoms with Crippen LogP contribution in [0, 0.1) is 10.1 Å². The molecule has 0 aromatic carbocycles. The second-order valence-corrected chi connectivity index (χ2v) is 3.34. The summed E-state index contributed by atoms with van der Waals surface area (Å²) < 4.78 is 64.7. The Balaban J connectivity index is 2.87. The van der Waals surface area contributed by atoms with E-state index >= 15 is 0 Å². The summed E-state index contributed by atoms with van der Waals surface area (Å²) >= 11 is 0. The molecule has 1 rings (SSSR count). The Kier molecular flexibility index (Phi) is 3.77. The van der Waals surface area contributed by atoms with Gasteiger partial charge in [-0.3, -0.25) is 10.1 Å². The number of nitrogens with two attached hydrogens (primary N) is 1. The number of ether oxygens (including phenoxy) is 1. The summed E-state index contributed by atoms with van der Waals surface area (Å²) in [4.78, 5) is 12.7. The Bertz CT molecular complexity index is 491. The molecule has 1 aromatic rings. The highest BCUT2D eigenvalue weighted by atomic mass is 19.4. The second kappa shape index (κ2) is 4.82. The van der Waals surface area contributed by atoms with Crippen LogP contribution in [-0.4, -0.2) is 28.6 Å². The van der Waals surface area contributed by atoms with E-state index in [1.807, 2.05) is 0 Å². The van der Waals surface area contributed by atoms with Crippen LogP contribution in [0.3, 0.4) is 0 Å². The first-order valence-electron chi connectivity index (χ1n) is 4.52. The molecule has 0 fully saturated rings. The Morgan fingerprint density at radius 2 is 1.89 bits per heavy atom. The molecule has 106 valence electrons. The van der Waals surface area contributed by atoms with Gasteiger partial charge in [0.15, 0.2) is 6.61 Å². The number of nitro groups is 1. The summed E-state index contributed by atoms with van der Waals surface area (Å²) in [6, 6.07) is 1.39. The van der Waals surface area contributed by atoms with Gasteiger partial charge in [0.1, 0.15) is 5.82 Å². The van der Waals surface area contributed by atoms with Gasteiger partial charge < -0.3 is 10.5 Å². The standard InChI is InChI=1S/C8H6F5N3O3/c9-7(10,8(11,12)13)3-19-6-2-4(16(17)18)1-5(14)15-6/h1-2H,3H2,(H2,14,15). The number of nitrogens with zero attached hydrogens (tertiary/aromatic N) is 2. The number of hydrogen-bond donors (Lipinski definition) is 1. The first-order valence-corrected chi connectivity index (χ1v) is 4.52. The van der Waals surface area contributed by atoms with Crippen molar-refractivity contribution in [1.29, 1.82) is 0 Å². The molecule has 11 heteroatoms. The average molecular weight is 287 g/mol. The molecular weight excluding hydrogens is 281 g/mol. The van der Waals surface area contributed by atoms with Crippen molar-refractivity contribution in [2.45, 2.75) is 12.1 Å². The van der Waals surface area contributed by atoms with Crippen LogP contribution >= 0.6 is 0 Å². The molecule has 0 atom stereocenters. The van der Waals surface area contributed by atoms with E-state index in [9.17, 15) is 32.1 Å². The van der Waals surface area contributed by atoms with Gasteiger partial charge in [0.2, 0.25) is 5.88 Å². The van der Waals surface area contributed by atoms with Crippen molar-refractivity contribution >= 4 is 11.5 Å². The van der Waals surface area contributed by atoms with Crippen molar-refractivity contribution in [1.82, 2.24) is 4.98 Å². The molecule has 1 aromatic heterocycles. The van der Waals surface area contributed by atoms with Crippen molar-refractivity contribution in [3.63, 3.8) is 0 Å². The lowest BCUT2D eigenvalue weighted by atomic mass is 10.3. The van der Waals surface area contributed by atoms with Crippen molar-refractivity contribution in [3.8, 4) is 5.88 Å². The summed E-state index contributed by atoms with van der Waals surface area (Å²) in [5.41, 5.74) is 4.48. The second-order valence-electron chi connectivity index (χ2n) is 3.34. The summed E-state index contributed by atoms with van der Waals surface area (Å²) in [5, 5.41) is 10.4. The molecule has 0 aliphatic heterocycles. The lowest BCUT2D eigenvalue weighted by Crippen LogP contribution is -2.41. The lowest BCUT2D eigenvalue weighted by Gasteiger charge is -2.19. The molecule has 0 bridgehead atoms. The maximum atomic E-state index is 12.5. The Labute approximate surface area is 102 Å². The van der Waals surface area contributed by atoms with E-state index in [0.717, 1.165) is 6.07 Å². The van der Waals surface area contributed by atoms with E-state index in [1.54, 1.807) is 0 Å². The van der Waals surface area contributed by atoms with E-state index in [1.165, 1.54) is 0 Å². The smallest absolute Gasteiger partial charge is 0.456 e. The Morgan fingerprint density at radius 1 is 1.32 bits per heavy atom. The van der Waals surface area contributed by atoms with Gasteiger partial charge in [0, 0.05) is 0 Å². The van der Waals surface area contributed by atoms with Crippen LogP contribution < -0.4 is 10.5 Å². The minimum atomic E-state index is -5.79. The van der Waals surface area contributed by atoms with Gasteiger partial charge >= 0.3 is 12.1 Å². The number of pyridine rings is 1. The van der Waals surface area contributed by atoms with Crippen LogP contribution in [0.2, 0.25) is 0 Å². The average Bonchev–Trinajstić information content (AvgIpc) is 2.24. The van der Waals surface area contributed by atoms with E-state index in [0.29, 0.717) is 6.07 Å². The molecule has 0 spiro atoms. The van der Waals surface area contributed by atoms with Gasteiger partial charge in [-0.2, -0.15) is 26.9 Å². The highest BCUT2D eigenvalue weighted by Crippen LogP contribution is 2.35. The highest BCUT2D eigenvalue weighted by molar-refractivity contribution is 5.45. The highest BCUT2D eigenvalue weighted by Gasteiger charge is 2.58. The number of rotatable bonds is 4. The molecular formula is C8H6F5N3O3. The van der Waals surface area contributed by atoms with E-state index in [4.69, 9.17) is 5.73 Å². The molecule has 1 heterocycles. The van der Waals surface area contributed by atoms with Gasteiger partial charge in [-0.1, -0.05) is 0 Å². The number of nitrogen functional groups attached to an aromatic ring is 1. The minimum absolute atomic E-state index is 0.445. The zero-order valence-electron chi connectivity index (χ0n) is 8.95. The van der Waals surface area contributed by atoms with Crippen molar-refractivity contribution in [3.05, 3.63) is 22.2 Å². The number of alkyl halides is 5. The third kappa shape index (κ3) is 3.63. The molecule has 0 saturated carbocycles. The van der Waals surface area contributed by atoms with Crippen molar-refractivity contribution in [2.75, 3.05) is 12.3 Å². The normalized spacial score (nSPS) is 12.3. The zero-order valence-corrected chi connectivity index (χ0v) is 8.95. The van der Waals surface area contributed by atoms with E-state index in [-0.39, 0.29) is 0 Å². The zero-order chi connectivity index (χ0) is 14.8. The van der Waals surface area contributed by atoms with Gasteiger partial charge in [0.05, 0.1) is 17.1 Å². The molecule has 2 N–H and O–H groups in total. The predicted molar refractivity (Wildman–Crippen MR) is 51.8 cm³/mol. The third-order valence-electron chi connectivity index (χ3n) is 1.83. The fourth-order valence-electron chi connectivity index (χ4n) is 0.937.